The van der Waals surface area contributed by atoms with Crippen molar-refractivity contribution >= 4 is 17.5 Å². The lowest BCUT2D eigenvalue weighted by atomic mass is 9.95. The molecule has 30 heavy (non-hydrogen) atoms. The van der Waals surface area contributed by atoms with E-state index in [4.69, 9.17) is 4.42 Å². The van der Waals surface area contributed by atoms with Gasteiger partial charge in [0.2, 0.25) is 11.9 Å². The third-order valence-electron chi connectivity index (χ3n) is 6.19. The van der Waals surface area contributed by atoms with Crippen LogP contribution in [0.1, 0.15) is 31.3 Å². The zero-order chi connectivity index (χ0) is 20.9. The van der Waals surface area contributed by atoms with Gasteiger partial charge in [-0.25, -0.2) is 9.97 Å². The SMILES string of the molecule is CCN1CCN(c2ncc(N3CCC(C(=O)NCc4ccc(C)o4)CC3)cn2)CC1. The number of aromatic nitrogens is 2. The van der Waals surface area contributed by atoms with Crippen LogP contribution < -0.4 is 15.1 Å². The lowest BCUT2D eigenvalue weighted by Gasteiger charge is -2.35. The molecule has 1 amide bonds. The van der Waals surface area contributed by atoms with E-state index in [2.05, 4.69) is 36.9 Å². The van der Waals surface area contributed by atoms with Crippen molar-refractivity contribution in [1.82, 2.24) is 20.2 Å². The zero-order valence-corrected chi connectivity index (χ0v) is 18.0. The molecule has 4 heterocycles. The largest absolute Gasteiger partial charge is 0.465 e. The minimum Gasteiger partial charge on any atom is -0.465 e. The summed E-state index contributed by atoms with van der Waals surface area (Å²) >= 11 is 0. The number of carbonyl (C=O) groups is 1. The first-order valence-corrected chi connectivity index (χ1v) is 11.0. The van der Waals surface area contributed by atoms with Crippen LogP contribution in [-0.4, -0.2) is 66.6 Å². The van der Waals surface area contributed by atoms with Crippen LogP contribution >= 0.6 is 0 Å². The number of nitrogens with one attached hydrogen (secondary N) is 1. The summed E-state index contributed by atoms with van der Waals surface area (Å²) in [5.41, 5.74) is 1.04. The molecule has 0 unspecified atom stereocenters. The molecule has 0 aromatic carbocycles. The second-order valence-corrected chi connectivity index (χ2v) is 8.15. The highest BCUT2D eigenvalue weighted by atomic mass is 16.3. The Morgan fingerprint density at radius 1 is 1.07 bits per heavy atom. The Morgan fingerprint density at radius 3 is 2.37 bits per heavy atom. The molecule has 0 saturated carbocycles. The van der Waals surface area contributed by atoms with Gasteiger partial charge in [-0.05, 0) is 38.4 Å². The molecule has 0 aliphatic carbocycles. The minimum absolute atomic E-state index is 0.0485. The van der Waals surface area contributed by atoms with Crippen LogP contribution in [0.15, 0.2) is 28.9 Å². The van der Waals surface area contributed by atoms with E-state index in [-0.39, 0.29) is 11.8 Å². The first-order chi connectivity index (χ1) is 14.6. The number of carbonyl (C=O) groups excluding carboxylic acids is 1. The number of rotatable bonds is 6. The van der Waals surface area contributed by atoms with Crippen molar-refractivity contribution < 1.29 is 9.21 Å². The van der Waals surface area contributed by atoms with Crippen molar-refractivity contribution in [1.29, 1.82) is 0 Å². The van der Waals surface area contributed by atoms with Crippen LogP contribution in [-0.2, 0) is 11.3 Å². The number of amides is 1. The second-order valence-electron chi connectivity index (χ2n) is 8.15. The van der Waals surface area contributed by atoms with Gasteiger partial charge in [-0.2, -0.15) is 0 Å². The van der Waals surface area contributed by atoms with Gasteiger partial charge in [0.05, 0.1) is 24.6 Å². The van der Waals surface area contributed by atoms with E-state index >= 15 is 0 Å². The summed E-state index contributed by atoms with van der Waals surface area (Å²) in [7, 11) is 0. The molecule has 162 valence electrons. The molecular weight excluding hydrogens is 380 g/mol. The molecule has 0 atom stereocenters. The fourth-order valence-electron chi connectivity index (χ4n) is 4.20. The number of piperidine rings is 1. The van der Waals surface area contributed by atoms with Gasteiger partial charge >= 0.3 is 0 Å². The van der Waals surface area contributed by atoms with E-state index in [1.54, 1.807) is 0 Å². The van der Waals surface area contributed by atoms with E-state index in [9.17, 15) is 4.79 Å². The molecule has 2 aromatic heterocycles. The highest BCUT2D eigenvalue weighted by molar-refractivity contribution is 5.78. The highest BCUT2D eigenvalue weighted by Gasteiger charge is 2.26. The van der Waals surface area contributed by atoms with Gasteiger partial charge in [0.15, 0.2) is 0 Å². The third-order valence-corrected chi connectivity index (χ3v) is 6.19. The smallest absolute Gasteiger partial charge is 0.225 e. The van der Waals surface area contributed by atoms with E-state index in [1.165, 1.54) is 0 Å². The summed E-state index contributed by atoms with van der Waals surface area (Å²) in [6, 6.07) is 3.82. The lowest BCUT2D eigenvalue weighted by Crippen LogP contribution is -2.46. The average Bonchev–Trinajstić information content (AvgIpc) is 3.23. The molecule has 0 radical (unpaired) electrons. The monoisotopic (exact) mass is 412 g/mol. The van der Waals surface area contributed by atoms with E-state index in [1.807, 2.05) is 31.5 Å². The quantitative estimate of drug-likeness (QED) is 0.778. The lowest BCUT2D eigenvalue weighted by molar-refractivity contribution is -0.125. The Hall–Kier alpha value is -2.61. The molecule has 8 heteroatoms. The molecule has 8 nitrogen and oxygen atoms in total. The summed E-state index contributed by atoms with van der Waals surface area (Å²) < 4.78 is 5.52. The number of likely N-dealkylation sites (N-methyl/N-ethyl adjacent to an activating group) is 1. The van der Waals surface area contributed by atoms with Gasteiger partial charge < -0.3 is 24.4 Å². The molecular formula is C22H32N6O2. The van der Waals surface area contributed by atoms with Crippen LogP contribution in [0, 0.1) is 12.8 Å². The van der Waals surface area contributed by atoms with Crippen LogP contribution in [0.2, 0.25) is 0 Å². The predicted octanol–water partition coefficient (Wildman–Crippen LogP) is 2.05. The Balaban J connectivity index is 1.24. The van der Waals surface area contributed by atoms with Crippen LogP contribution in [0.4, 0.5) is 11.6 Å². The first-order valence-electron chi connectivity index (χ1n) is 11.0. The Bertz CT molecular complexity index is 820. The topological polar surface area (TPSA) is 77.7 Å². The number of furan rings is 1. The molecule has 2 aliphatic rings. The maximum absolute atomic E-state index is 12.5. The molecule has 0 spiro atoms. The standard InChI is InChI=1S/C22H32N6O2/c1-3-26-10-12-28(13-11-26)22-24-14-19(15-25-22)27-8-6-18(7-9-27)21(29)23-16-20-5-4-17(2)30-20/h4-5,14-15,18H,3,6-13,16H2,1-2H3,(H,23,29). The maximum atomic E-state index is 12.5. The molecule has 2 saturated heterocycles. The van der Waals surface area contributed by atoms with Crippen molar-refractivity contribution in [3.8, 4) is 0 Å². The molecule has 2 aromatic rings. The van der Waals surface area contributed by atoms with Gasteiger partial charge in [-0.1, -0.05) is 6.92 Å². The minimum atomic E-state index is 0.0485. The fourth-order valence-corrected chi connectivity index (χ4v) is 4.20. The number of anilines is 2. The van der Waals surface area contributed by atoms with E-state index < -0.39 is 0 Å². The summed E-state index contributed by atoms with van der Waals surface area (Å²) in [5, 5.41) is 3.00. The summed E-state index contributed by atoms with van der Waals surface area (Å²) in [6.07, 6.45) is 5.52. The van der Waals surface area contributed by atoms with Crippen molar-refractivity contribution in [3.05, 3.63) is 36.0 Å². The summed E-state index contributed by atoms with van der Waals surface area (Å²) in [5.74, 6) is 2.64. The van der Waals surface area contributed by atoms with Gasteiger partial charge in [0.1, 0.15) is 11.5 Å². The van der Waals surface area contributed by atoms with E-state index in [0.717, 1.165) is 81.8 Å². The van der Waals surface area contributed by atoms with E-state index in [0.29, 0.717) is 6.54 Å². The Labute approximate surface area is 178 Å². The summed E-state index contributed by atoms with van der Waals surface area (Å²) in [4.78, 5) is 28.7. The number of piperazine rings is 1. The molecule has 2 fully saturated rings. The van der Waals surface area contributed by atoms with Crippen LogP contribution in [0.25, 0.3) is 0 Å². The number of aryl methyl sites for hydroxylation is 1. The second kappa shape index (κ2) is 9.47. The van der Waals surface area contributed by atoms with Crippen LogP contribution in [0.5, 0.6) is 0 Å². The number of nitrogens with zero attached hydrogens (tertiary/aromatic N) is 5. The van der Waals surface area contributed by atoms with Gasteiger partial charge in [-0.15, -0.1) is 0 Å². The molecule has 0 bridgehead atoms. The molecule has 4 rings (SSSR count). The Morgan fingerprint density at radius 2 is 1.77 bits per heavy atom. The summed E-state index contributed by atoms with van der Waals surface area (Å²) in [6.45, 7) is 11.4. The highest BCUT2D eigenvalue weighted by Crippen LogP contribution is 2.23. The average molecular weight is 413 g/mol. The maximum Gasteiger partial charge on any atom is 0.225 e. The molecule has 1 N–H and O–H groups in total. The Kier molecular flexibility index (Phi) is 6.52. The van der Waals surface area contributed by atoms with Crippen molar-refractivity contribution in [2.45, 2.75) is 33.2 Å². The normalized spacial score (nSPS) is 18.6. The van der Waals surface area contributed by atoms with Gasteiger partial charge in [-0.3, -0.25) is 4.79 Å². The third kappa shape index (κ3) is 4.92. The predicted molar refractivity (Wildman–Crippen MR) is 117 cm³/mol. The van der Waals surface area contributed by atoms with Crippen molar-refractivity contribution in [3.63, 3.8) is 0 Å². The van der Waals surface area contributed by atoms with Gasteiger partial charge in [0.25, 0.3) is 0 Å². The van der Waals surface area contributed by atoms with Crippen molar-refractivity contribution in [2.75, 3.05) is 55.6 Å². The molecule has 2 aliphatic heterocycles. The fraction of sp³-hybridized carbons (Fsp3) is 0.591. The van der Waals surface area contributed by atoms with Crippen LogP contribution in [0.3, 0.4) is 0 Å². The number of hydrogen-bond acceptors (Lipinski definition) is 7. The van der Waals surface area contributed by atoms with Gasteiger partial charge in [0, 0.05) is 45.2 Å². The number of hydrogen-bond donors (Lipinski definition) is 1. The first kappa shape index (κ1) is 20.7. The van der Waals surface area contributed by atoms with Crippen molar-refractivity contribution in [2.24, 2.45) is 5.92 Å². The zero-order valence-electron chi connectivity index (χ0n) is 18.0.